The lowest BCUT2D eigenvalue weighted by Gasteiger charge is -2.01. The van der Waals surface area contributed by atoms with Crippen molar-refractivity contribution in [2.75, 3.05) is 6.54 Å². The molecule has 2 aromatic heterocycles. The van der Waals surface area contributed by atoms with E-state index in [9.17, 15) is 0 Å². The summed E-state index contributed by atoms with van der Waals surface area (Å²) in [5, 5.41) is 12.2. The number of nitrogens with zero attached hydrogens (tertiary/aromatic N) is 2. The van der Waals surface area contributed by atoms with Gasteiger partial charge in [-0.2, -0.15) is 5.26 Å². The smallest absolute Gasteiger partial charge is 0.120 e. The lowest BCUT2D eigenvalue weighted by Crippen LogP contribution is -2.15. The predicted molar refractivity (Wildman–Crippen MR) is 74.9 cm³/mol. The minimum Gasteiger partial charge on any atom is -0.342 e. The Balaban J connectivity index is 1.77. The maximum absolute atomic E-state index is 8.85. The molecule has 0 aliphatic carbocycles. The highest BCUT2D eigenvalue weighted by atomic mass is 35.5. The van der Waals surface area contributed by atoms with Crippen LogP contribution in [0.3, 0.4) is 0 Å². The maximum atomic E-state index is 8.85. The molecule has 2 rings (SSSR count). The van der Waals surface area contributed by atoms with E-state index in [1.54, 1.807) is 11.3 Å². The van der Waals surface area contributed by atoms with E-state index in [1.807, 2.05) is 29.9 Å². The molecule has 3 nitrogen and oxygen atoms in total. The summed E-state index contributed by atoms with van der Waals surface area (Å²) >= 11 is 7.49. The van der Waals surface area contributed by atoms with Crippen LogP contribution in [0.4, 0.5) is 0 Å². The summed E-state index contributed by atoms with van der Waals surface area (Å²) in [5.41, 5.74) is 1.83. The molecule has 0 bridgehead atoms. The van der Waals surface area contributed by atoms with E-state index >= 15 is 0 Å². The van der Waals surface area contributed by atoms with Gasteiger partial charge in [0.15, 0.2) is 0 Å². The van der Waals surface area contributed by atoms with Crippen molar-refractivity contribution in [3.05, 3.63) is 44.9 Å². The van der Waals surface area contributed by atoms with Crippen molar-refractivity contribution >= 4 is 22.9 Å². The average molecular weight is 280 g/mol. The van der Waals surface area contributed by atoms with Crippen LogP contribution in [-0.2, 0) is 20.0 Å². The number of thiophene rings is 1. The first-order valence-electron chi connectivity index (χ1n) is 5.69. The highest BCUT2D eigenvalue weighted by Gasteiger charge is 2.02. The van der Waals surface area contributed by atoms with Crippen molar-refractivity contribution in [3.8, 4) is 6.07 Å². The van der Waals surface area contributed by atoms with Crippen LogP contribution >= 0.6 is 22.9 Å². The van der Waals surface area contributed by atoms with Crippen molar-refractivity contribution in [2.45, 2.75) is 13.0 Å². The number of rotatable bonds is 5. The van der Waals surface area contributed by atoms with E-state index in [1.165, 1.54) is 4.88 Å². The Labute approximate surface area is 116 Å². The van der Waals surface area contributed by atoms with Crippen LogP contribution < -0.4 is 5.32 Å². The van der Waals surface area contributed by atoms with Gasteiger partial charge in [-0.25, -0.2) is 0 Å². The van der Waals surface area contributed by atoms with Crippen molar-refractivity contribution in [1.82, 2.24) is 9.88 Å². The number of hydrogen-bond acceptors (Lipinski definition) is 3. The van der Waals surface area contributed by atoms with Gasteiger partial charge in [0.25, 0.3) is 0 Å². The molecule has 18 heavy (non-hydrogen) atoms. The van der Waals surface area contributed by atoms with Gasteiger partial charge in [0, 0.05) is 31.2 Å². The molecule has 2 heterocycles. The minimum absolute atomic E-state index is 0.692. The van der Waals surface area contributed by atoms with Crippen molar-refractivity contribution < 1.29 is 0 Å². The summed E-state index contributed by atoms with van der Waals surface area (Å²) in [6.45, 7) is 1.70. The molecule has 0 atom stereocenters. The second-order valence-electron chi connectivity index (χ2n) is 4.09. The molecular weight excluding hydrogens is 266 g/mol. The Kier molecular flexibility index (Phi) is 4.43. The van der Waals surface area contributed by atoms with Crippen LogP contribution in [0.5, 0.6) is 0 Å². The summed E-state index contributed by atoms with van der Waals surface area (Å²) < 4.78 is 2.68. The molecule has 2 aromatic rings. The molecule has 94 valence electrons. The van der Waals surface area contributed by atoms with E-state index in [0.717, 1.165) is 29.4 Å². The molecule has 0 fully saturated rings. The SMILES string of the molecule is Cn1cc(CNCCc2ccc(Cl)s2)cc1C#N. The molecule has 5 heteroatoms. The van der Waals surface area contributed by atoms with Crippen molar-refractivity contribution in [1.29, 1.82) is 5.26 Å². The fourth-order valence-corrected chi connectivity index (χ4v) is 2.86. The van der Waals surface area contributed by atoms with Gasteiger partial charge in [-0.3, -0.25) is 0 Å². The fourth-order valence-electron chi connectivity index (χ4n) is 1.77. The average Bonchev–Trinajstić information content (AvgIpc) is 2.91. The third-order valence-corrected chi connectivity index (χ3v) is 3.97. The molecule has 0 radical (unpaired) electrons. The molecular formula is C13H14ClN3S. The number of nitrogens with one attached hydrogen (secondary N) is 1. The first-order valence-corrected chi connectivity index (χ1v) is 6.89. The van der Waals surface area contributed by atoms with Crippen molar-refractivity contribution in [2.24, 2.45) is 7.05 Å². The third-order valence-electron chi connectivity index (χ3n) is 2.68. The largest absolute Gasteiger partial charge is 0.342 e. The maximum Gasteiger partial charge on any atom is 0.120 e. The molecule has 0 unspecified atom stereocenters. The number of aryl methyl sites for hydroxylation is 1. The topological polar surface area (TPSA) is 40.8 Å². The van der Waals surface area contributed by atoms with Crippen LogP contribution in [0.2, 0.25) is 4.34 Å². The van der Waals surface area contributed by atoms with Gasteiger partial charge in [-0.05, 0) is 30.2 Å². The third kappa shape index (κ3) is 3.36. The van der Waals surface area contributed by atoms with E-state index in [4.69, 9.17) is 16.9 Å². The molecule has 0 aromatic carbocycles. The van der Waals surface area contributed by atoms with Gasteiger partial charge >= 0.3 is 0 Å². The van der Waals surface area contributed by atoms with Gasteiger partial charge in [-0.1, -0.05) is 11.6 Å². The molecule has 0 saturated heterocycles. The normalized spacial score (nSPS) is 10.5. The Bertz CT molecular complexity index is 565. The summed E-state index contributed by atoms with van der Waals surface area (Å²) in [6.07, 6.45) is 2.96. The molecule has 0 spiro atoms. The summed E-state index contributed by atoms with van der Waals surface area (Å²) in [7, 11) is 1.88. The van der Waals surface area contributed by atoms with Crippen LogP contribution in [0, 0.1) is 11.3 Å². The number of hydrogen-bond donors (Lipinski definition) is 1. The zero-order valence-electron chi connectivity index (χ0n) is 10.1. The fraction of sp³-hybridized carbons (Fsp3) is 0.308. The second-order valence-corrected chi connectivity index (χ2v) is 5.89. The predicted octanol–water partition coefficient (Wildman–Crippen LogP) is 2.94. The molecule has 0 amide bonds. The monoisotopic (exact) mass is 279 g/mol. The van der Waals surface area contributed by atoms with E-state index in [0.29, 0.717) is 5.69 Å². The standard InChI is InChI=1S/C13H14ClN3S/c1-17-9-10(6-11(17)7-15)8-16-5-4-12-2-3-13(14)18-12/h2-3,6,9,16H,4-5,8H2,1H3. The molecule has 0 saturated carbocycles. The van der Waals surface area contributed by atoms with Gasteiger partial charge < -0.3 is 9.88 Å². The molecule has 0 aliphatic rings. The number of aromatic nitrogens is 1. The van der Waals surface area contributed by atoms with E-state index < -0.39 is 0 Å². The Morgan fingerprint density at radius 2 is 2.33 bits per heavy atom. The van der Waals surface area contributed by atoms with Gasteiger partial charge in [0.2, 0.25) is 0 Å². The highest BCUT2D eigenvalue weighted by molar-refractivity contribution is 7.16. The lowest BCUT2D eigenvalue weighted by molar-refractivity contribution is 0.689. The summed E-state index contributed by atoms with van der Waals surface area (Å²) in [5.74, 6) is 0. The first-order chi connectivity index (χ1) is 8.69. The van der Waals surface area contributed by atoms with Gasteiger partial charge in [-0.15, -0.1) is 11.3 Å². The zero-order valence-corrected chi connectivity index (χ0v) is 11.7. The Hall–Kier alpha value is -1.28. The second kappa shape index (κ2) is 6.05. The zero-order chi connectivity index (χ0) is 13.0. The number of nitriles is 1. The Morgan fingerprint density at radius 1 is 1.50 bits per heavy atom. The Morgan fingerprint density at radius 3 is 2.94 bits per heavy atom. The quantitative estimate of drug-likeness (QED) is 0.855. The van der Waals surface area contributed by atoms with Crippen LogP contribution in [0.25, 0.3) is 0 Å². The molecule has 0 aliphatic heterocycles. The lowest BCUT2D eigenvalue weighted by atomic mass is 10.3. The van der Waals surface area contributed by atoms with Crippen LogP contribution in [-0.4, -0.2) is 11.1 Å². The van der Waals surface area contributed by atoms with Gasteiger partial charge in [0.1, 0.15) is 11.8 Å². The number of halogens is 1. The summed E-state index contributed by atoms with van der Waals surface area (Å²) in [4.78, 5) is 1.29. The van der Waals surface area contributed by atoms with E-state index in [-0.39, 0.29) is 0 Å². The minimum atomic E-state index is 0.692. The van der Waals surface area contributed by atoms with Crippen molar-refractivity contribution in [3.63, 3.8) is 0 Å². The summed E-state index contributed by atoms with van der Waals surface area (Å²) in [6, 6.07) is 8.06. The first kappa shape index (κ1) is 13.2. The van der Waals surface area contributed by atoms with E-state index in [2.05, 4.69) is 17.5 Å². The molecule has 1 N–H and O–H groups in total. The van der Waals surface area contributed by atoms with Crippen LogP contribution in [0.1, 0.15) is 16.1 Å². The highest BCUT2D eigenvalue weighted by Crippen LogP contribution is 2.21. The van der Waals surface area contributed by atoms with Gasteiger partial charge in [0.05, 0.1) is 4.34 Å². The van der Waals surface area contributed by atoms with Crippen LogP contribution in [0.15, 0.2) is 24.4 Å².